The fourth-order valence-corrected chi connectivity index (χ4v) is 2.15. The average molecular weight is 240 g/mol. The zero-order valence-electron chi connectivity index (χ0n) is 9.53. The van der Waals surface area contributed by atoms with Gasteiger partial charge in [-0.25, -0.2) is 0 Å². The Bertz CT molecular complexity index is 359. The SMILES string of the molecule is Cc1ccccc1C(=O)C1CCNCC1.Cl. The molecule has 0 unspecified atom stereocenters. The maximum Gasteiger partial charge on any atom is 0.166 e. The number of carbonyl (C=O) groups is 1. The lowest BCUT2D eigenvalue weighted by atomic mass is 9.88. The molecule has 0 radical (unpaired) electrons. The van der Waals surface area contributed by atoms with Crippen LogP contribution in [0.1, 0.15) is 28.8 Å². The van der Waals surface area contributed by atoms with E-state index < -0.39 is 0 Å². The van der Waals surface area contributed by atoms with Gasteiger partial charge in [-0.1, -0.05) is 24.3 Å². The summed E-state index contributed by atoms with van der Waals surface area (Å²) in [5, 5.41) is 3.28. The Morgan fingerprint density at radius 2 is 1.88 bits per heavy atom. The molecule has 1 N–H and O–H groups in total. The van der Waals surface area contributed by atoms with Gasteiger partial charge in [0.1, 0.15) is 0 Å². The van der Waals surface area contributed by atoms with Crippen LogP contribution < -0.4 is 5.32 Å². The van der Waals surface area contributed by atoms with Crippen molar-refractivity contribution in [2.24, 2.45) is 5.92 Å². The molecule has 3 heteroatoms. The number of halogens is 1. The van der Waals surface area contributed by atoms with Gasteiger partial charge in [0.15, 0.2) is 5.78 Å². The molecule has 0 bridgehead atoms. The number of nitrogens with one attached hydrogen (secondary N) is 1. The Hall–Kier alpha value is -0.860. The first-order chi connectivity index (χ1) is 7.29. The summed E-state index contributed by atoms with van der Waals surface area (Å²) in [6.45, 7) is 3.96. The summed E-state index contributed by atoms with van der Waals surface area (Å²) in [7, 11) is 0. The topological polar surface area (TPSA) is 29.1 Å². The van der Waals surface area contributed by atoms with Crippen molar-refractivity contribution in [1.29, 1.82) is 0 Å². The van der Waals surface area contributed by atoms with Gasteiger partial charge in [0.2, 0.25) is 0 Å². The number of hydrogen-bond donors (Lipinski definition) is 1. The number of benzene rings is 1. The zero-order valence-corrected chi connectivity index (χ0v) is 10.3. The van der Waals surface area contributed by atoms with Crippen molar-refractivity contribution in [3.63, 3.8) is 0 Å². The van der Waals surface area contributed by atoms with Crippen LogP contribution in [0.25, 0.3) is 0 Å². The molecule has 0 atom stereocenters. The van der Waals surface area contributed by atoms with Gasteiger partial charge in [-0.15, -0.1) is 12.4 Å². The first-order valence-electron chi connectivity index (χ1n) is 5.59. The number of piperidine rings is 1. The van der Waals surface area contributed by atoms with Crippen LogP contribution in [0.3, 0.4) is 0 Å². The van der Waals surface area contributed by atoms with Crippen molar-refractivity contribution in [3.8, 4) is 0 Å². The van der Waals surface area contributed by atoms with Crippen molar-refractivity contribution in [1.82, 2.24) is 5.32 Å². The Kier molecular flexibility index (Phi) is 4.97. The van der Waals surface area contributed by atoms with Crippen molar-refractivity contribution in [3.05, 3.63) is 35.4 Å². The van der Waals surface area contributed by atoms with Gasteiger partial charge in [-0.3, -0.25) is 4.79 Å². The molecular weight excluding hydrogens is 222 g/mol. The Balaban J connectivity index is 0.00000128. The van der Waals surface area contributed by atoms with Crippen LogP contribution in [-0.2, 0) is 0 Å². The molecular formula is C13H18ClNO. The molecule has 2 nitrogen and oxygen atoms in total. The fraction of sp³-hybridized carbons (Fsp3) is 0.462. The quantitative estimate of drug-likeness (QED) is 0.804. The summed E-state index contributed by atoms with van der Waals surface area (Å²) >= 11 is 0. The highest BCUT2D eigenvalue weighted by Crippen LogP contribution is 2.20. The lowest BCUT2D eigenvalue weighted by Crippen LogP contribution is -2.32. The minimum atomic E-state index is 0. The molecule has 1 saturated heterocycles. The number of ketones is 1. The Morgan fingerprint density at radius 3 is 2.50 bits per heavy atom. The van der Waals surface area contributed by atoms with Gasteiger partial charge in [-0.05, 0) is 38.4 Å². The predicted molar refractivity (Wildman–Crippen MR) is 68.4 cm³/mol. The molecule has 1 aliphatic heterocycles. The van der Waals surface area contributed by atoms with Crippen LogP contribution in [0.15, 0.2) is 24.3 Å². The van der Waals surface area contributed by atoms with Crippen molar-refractivity contribution in [2.75, 3.05) is 13.1 Å². The van der Waals surface area contributed by atoms with E-state index in [0.29, 0.717) is 5.78 Å². The lowest BCUT2D eigenvalue weighted by Gasteiger charge is -2.21. The third kappa shape index (κ3) is 2.83. The molecule has 0 spiro atoms. The van der Waals surface area contributed by atoms with Crippen molar-refractivity contribution < 1.29 is 4.79 Å². The van der Waals surface area contributed by atoms with Crippen molar-refractivity contribution in [2.45, 2.75) is 19.8 Å². The minimum absolute atomic E-state index is 0. The first-order valence-corrected chi connectivity index (χ1v) is 5.59. The van der Waals surface area contributed by atoms with Gasteiger partial charge < -0.3 is 5.32 Å². The normalized spacial score (nSPS) is 16.6. The highest BCUT2D eigenvalue weighted by atomic mass is 35.5. The third-order valence-electron chi connectivity index (χ3n) is 3.12. The molecule has 0 saturated carbocycles. The van der Waals surface area contributed by atoms with E-state index in [0.717, 1.165) is 37.1 Å². The van der Waals surface area contributed by atoms with Crippen LogP contribution in [0.4, 0.5) is 0 Å². The Morgan fingerprint density at radius 1 is 1.25 bits per heavy atom. The van der Waals surface area contributed by atoms with Crippen LogP contribution in [0.2, 0.25) is 0 Å². The first kappa shape index (κ1) is 13.2. The molecule has 2 rings (SSSR count). The van der Waals surface area contributed by atoms with Gasteiger partial charge in [0.25, 0.3) is 0 Å². The summed E-state index contributed by atoms with van der Waals surface area (Å²) in [5.74, 6) is 0.557. The average Bonchev–Trinajstić information content (AvgIpc) is 2.30. The Labute approximate surface area is 103 Å². The third-order valence-corrected chi connectivity index (χ3v) is 3.12. The fourth-order valence-electron chi connectivity index (χ4n) is 2.15. The summed E-state index contributed by atoms with van der Waals surface area (Å²) in [4.78, 5) is 12.2. The number of Topliss-reactive ketones (excluding diaryl/α,β-unsaturated/α-hetero) is 1. The van der Waals surface area contributed by atoms with E-state index in [1.807, 2.05) is 31.2 Å². The zero-order chi connectivity index (χ0) is 10.7. The largest absolute Gasteiger partial charge is 0.317 e. The summed E-state index contributed by atoms with van der Waals surface area (Å²) in [6, 6.07) is 7.88. The second-order valence-electron chi connectivity index (χ2n) is 4.20. The maximum atomic E-state index is 12.2. The molecule has 0 amide bonds. The number of hydrogen-bond acceptors (Lipinski definition) is 2. The summed E-state index contributed by atoms with van der Waals surface area (Å²) in [5.41, 5.74) is 2.01. The number of carbonyl (C=O) groups excluding carboxylic acids is 1. The second-order valence-corrected chi connectivity index (χ2v) is 4.20. The van der Waals surface area contributed by atoms with E-state index >= 15 is 0 Å². The molecule has 0 aromatic heterocycles. The van der Waals surface area contributed by atoms with E-state index in [2.05, 4.69) is 5.32 Å². The molecule has 1 aromatic carbocycles. The molecule has 1 aliphatic rings. The summed E-state index contributed by atoms with van der Waals surface area (Å²) < 4.78 is 0. The highest BCUT2D eigenvalue weighted by Gasteiger charge is 2.22. The van der Waals surface area contributed by atoms with Gasteiger partial charge in [0.05, 0.1) is 0 Å². The predicted octanol–water partition coefficient (Wildman–Crippen LogP) is 2.60. The van der Waals surface area contributed by atoms with Crippen LogP contribution >= 0.6 is 12.4 Å². The van der Waals surface area contributed by atoms with Crippen LogP contribution in [0, 0.1) is 12.8 Å². The highest BCUT2D eigenvalue weighted by molar-refractivity contribution is 5.99. The standard InChI is InChI=1S/C13H17NO.ClH/c1-10-4-2-3-5-12(10)13(15)11-6-8-14-9-7-11;/h2-5,11,14H,6-9H2,1H3;1H. The monoisotopic (exact) mass is 239 g/mol. The van der Waals surface area contributed by atoms with Crippen molar-refractivity contribution >= 4 is 18.2 Å². The lowest BCUT2D eigenvalue weighted by molar-refractivity contribution is 0.0894. The molecule has 1 aromatic rings. The smallest absolute Gasteiger partial charge is 0.166 e. The van der Waals surface area contributed by atoms with Crippen LogP contribution in [0.5, 0.6) is 0 Å². The summed E-state index contributed by atoms with van der Waals surface area (Å²) in [6.07, 6.45) is 1.96. The number of rotatable bonds is 2. The molecule has 16 heavy (non-hydrogen) atoms. The molecule has 88 valence electrons. The maximum absolute atomic E-state index is 12.2. The van der Waals surface area contributed by atoms with Gasteiger partial charge in [0, 0.05) is 11.5 Å². The molecule has 0 aliphatic carbocycles. The number of aryl methyl sites for hydroxylation is 1. The van der Waals surface area contributed by atoms with E-state index in [1.54, 1.807) is 0 Å². The van der Waals surface area contributed by atoms with E-state index in [1.165, 1.54) is 0 Å². The van der Waals surface area contributed by atoms with Crippen LogP contribution in [-0.4, -0.2) is 18.9 Å². The van der Waals surface area contributed by atoms with Gasteiger partial charge >= 0.3 is 0 Å². The molecule has 1 fully saturated rings. The van der Waals surface area contributed by atoms with Gasteiger partial charge in [-0.2, -0.15) is 0 Å². The van der Waals surface area contributed by atoms with E-state index in [-0.39, 0.29) is 18.3 Å². The minimum Gasteiger partial charge on any atom is -0.317 e. The molecule has 1 heterocycles. The second kappa shape index (κ2) is 6.02. The van der Waals surface area contributed by atoms with E-state index in [9.17, 15) is 4.79 Å². The van der Waals surface area contributed by atoms with E-state index in [4.69, 9.17) is 0 Å².